The molecule has 0 aliphatic heterocycles. The van der Waals surface area contributed by atoms with Crippen molar-refractivity contribution >= 4 is 11.9 Å². The molecular weight excluding hydrogens is 633 g/mol. The fourth-order valence-electron chi connectivity index (χ4n) is 5.04. The Hall–Kier alpha value is -6.56. The molecule has 0 spiro atoms. The molecular formula is C46H38O5. The smallest absolute Gasteiger partial charge is 0.330 e. The fraction of sp³-hybridized carbons (Fsp3) is 0.130. The Morgan fingerprint density at radius 2 is 0.941 bits per heavy atom. The van der Waals surface area contributed by atoms with E-state index in [0.29, 0.717) is 32.7 Å². The summed E-state index contributed by atoms with van der Waals surface area (Å²) in [4.78, 5) is 22.4. The molecule has 0 fully saturated rings. The zero-order chi connectivity index (χ0) is 35.8. The molecule has 0 atom stereocenters. The van der Waals surface area contributed by atoms with Gasteiger partial charge in [0, 0.05) is 47.2 Å². The van der Waals surface area contributed by atoms with Crippen LogP contribution in [0.4, 0.5) is 0 Å². The van der Waals surface area contributed by atoms with Crippen LogP contribution in [0.25, 0.3) is 11.1 Å². The van der Waals surface area contributed by atoms with Gasteiger partial charge in [0.25, 0.3) is 0 Å². The van der Waals surface area contributed by atoms with Crippen molar-refractivity contribution in [2.45, 2.75) is 26.4 Å². The number of hydrogen-bond donors (Lipinski definition) is 0. The van der Waals surface area contributed by atoms with E-state index in [1.165, 1.54) is 12.2 Å². The zero-order valence-electron chi connectivity index (χ0n) is 28.6. The Labute approximate surface area is 300 Å². The van der Waals surface area contributed by atoms with Crippen LogP contribution in [0.2, 0.25) is 0 Å². The van der Waals surface area contributed by atoms with Crippen LogP contribution in [0.5, 0.6) is 5.75 Å². The first kappa shape index (κ1) is 35.7. The molecule has 5 heteroatoms. The molecule has 0 heterocycles. The maximum Gasteiger partial charge on any atom is 0.330 e. The third kappa shape index (κ3) is 11.2. The molecule has 252 valence electrons. The van der Waals surface area contributed by atoms with Crippen molar-refractivity contribution in [2.24, 2.45) is 0 Å². The van der Waals surface area contributed by atoms with Gasteiger partial charge in [0.15, 0.2) is 0 Å². The minimum atomic E-state index is -0.412. The van der Waals surface area contributed by atoms with Gasteiger partial charge in [0.2, 0.25) is 0 Å². The van der Waals surface area contributed by atoms with Crippen molar-refractivity contribution in [2.75, 3.05) is 13.2 Å². The third-order valence-corrected chi connectivity index (χ3v) is 7.96. The van der Waals surface area contributed by atoms with Crippen LogP contribution in [-0.2, 0) is 38.5 Å². The lowest BCUT2D eigenvalue weighted by Crippen LogP contribution is -2.04. The highest BCUT2D eigenvalue weighted by molar-refractivity contribution is 5.81. The summed E-state index contributed by atoms with van der Waals surface area (Å²) in [5.74, 6) is 12.9. The Morgan fingerprint density at radius 3 is 1.39 bits per heavy atom. The number of hydrogen-bond acceptors (Lipinski definition) is 5. The summed E-state index contributed by atoms with van der Waals surface area (Å²) in [6.07, 6.45) is 3.62. The predicted octanol–water partition coefficient (Wildman–Crippen LogP) is 8.58. The summed E-state index contributed by atoms with van der Waals surface area (Å²) >= 11 is 0. The molecule has 0 N–H and O–H groups in total. The predicted molar refractivity (Wildman–Crippen MR) is 202 cm³/mol. The number of carbonyl (C=O) groups is 2. The molecule has 0 radical (unpaired) electrons. The third-order valence-electron chi connectivity index (χ3n) is 7.96. The lowest BCUT2D eigenvalue weighted by atomic mass is 10.0. The molecule has 0 saturated carbocycles. The minimum Gasteiger partial charge on any atom is -0.489 e. The van der Waals surface area contributed by atoms with E-state index in [1.807, 2.05) is 85.8 Å². The second-order valence-electron chi connectivity index (χ2n) is 11.7. The monoisotopic (exact) mass is 670 g/mol. The number of esters is 2. The van der Waals surface area contributed by atoms with Gasteiger partial charge in [-0.05, 0) is 94.9 Å². The first-order valence-corrected chi connectivity index (χ1v) is 16.6. The van der Waals surface area contributed by atoms with Crippen molar-refractivity contribution in [3.8, 4) is 40.6 Å². The Balaban J connectivity index is 1.09. The number of rotatable bonds is 12. The van der Waals surface area contributed by atoms with Gasteiger partial charge in [-0.1, -0.05) is 97.5 Å². The van der Waals surface area contributed by atoms with Gasteiger partial charge in [0.1, 0.15) is 12.4 Å². The molecule has 0 saturated heterocycles. The van der Waals surface area contributed by atoms with E-state index in [9.17, 15) is 9.59 Å². The van der Waals surface area contributed by atoms with E-state index < -0.39 is 11.9 Å². The molecule has 0 unspecified atom stereocenters. The first-order valence-electron chi connectivity index (χ1n) is 16.6. The average molecular weight is 671 g/mol. The van der Waals surface area contributed by atoms with Crippen molar-refractivity contribution in [3.63, 3.8) is 0 Å². The van der Waals surface area contributed by atoms with Crippen LogP contribution in [0.15, 0.2) is 141 Å². The molecule has 0 aromatic heterocycles. The van der Waals surface area contributed by atoms with E-state index in [4.69, 9.17) is 14.2 Å². The summed E-state index contributed by atoms with van der Waals surface area (Å²) < 4.78 is 16.2. The van der Waals surface area contributed by atoms with Gasteiger partial charge in [0.05, 0.1) is 13.2 Å². The highest BCUT2D eigenvalue weighted by Crippen LogP contribution is 2.23. The minimum absolute atomic E-state index is 0.321. The van der Waals surface area contributed by atoms with Gasteiger partial charge < -0.3 is 14.2 Å². The number of ether oxygens (including phenoxy) is 3. The first-order chi connectivity index (χ1) is 24.9. The number of aryl methyl sites for hydroxylation is 1. The summed E-state index contributed by atoms with van der Waals surface area (Å²) in [5, 5.41) is 0. The van der Waals surface area contributed by atoms with Crippen molar-refractivity contribution in [1.29, 1.82) is 0 Å². The standard InChI is InChI=1S/C46H38O5/c1-4-45(47)49-30-28-38-12-8-35(9-13-38)6-7-37-18-23-42(24-19-37)43-25-20-41(21-26-43)33-51-44-27-22-40(32-34(44)3)17-16-36-10-14-39(15-11-36)29-31-50-46(48)5-2/h4-5,8-15,18-27,32H,1-2,28-31,33H2,3H3. The van der Waals surface area contributed by atoms with Crippen molar-refractivity contribution in [1.82, 2.24) is 0 Å². The molecule has 51 heavy (non-hydrogen) atoms. The van der Waals surface area contributed by atoms with Crippen LogP contribution in [-0.4, -0.2) is 25.2 Å². The lowest BCUT2D eigenvalue weighted by molar-refractivity contribution is -0.138. The fourth-order valence-corrected chi connectivity index (χ4v) is 5.04. The van der Waals surface area contributed by atoms with E-state index in [-0.39, 0.29) is 0 Å². The Morgan fingerprint density at radius 1 is 0.549 bits per heavy atom. The molecule has 0 aliphatic carbocycles. The molecule has 5 aromatic rings. The van der Waals surface area contributed by atoms with E-state index in [1.54, 1.807) is 0 Å². The largest absolute Gasteiger partial charge is 0.489 e. The van der Waals surface area contributed by atoms with Crippen molar-refractivity contribution in [3.05, 3.63) is 185 Å². The van der Waals surface area contributed by atoms with Crippen LogP contribution in [0.3, 0.4) is 0 Å². The summed E-state index contributed by atoms with van der Waals surface area (Å²) in [6, 6.07) is 38.5. The molecule has 5 rings (SSSR count). The SMILES string of the molecule is C=CC(=O)OCCc1ccc(C#Cc2ccc(-c3ccc(COc4ccc(C#Cc5ccc(CCOC(=O)C=C)cc5)cc4C)cc3)cc2)cc1. The maximum atomic E-state index is 11.2. The molecule has 0 amide bonds. The Kier molecular flexibility index (Phi) is 12.8. The van der Waals surface area contributed by atoms with Gasteiger partial charge in [-0.2, -0.15) is 0 Å². The summed E-state index contributed by atoms with van der Waals surface area (Å²) in [7, 11) is 0. The van der Waals surface area contributed by atoms with Crippen LogP contribution in [0, 0.1) is 30.6 Å². The maximum absolute atomic E-state index is 11.2. The normalized spacial score (nSPS) is 10.1. The van der Waals surface area contributed by atoms with E-state index >= 15 is 0 Å². The van der Waals surface area contributed by atoms with Gasteiger partial charge in [-0.3, -0.25) is 0 Å². The van der Waals surface area contributed by atoms with Crippen LogP contribution < -0.4 is 4.74 Å². The Bertz CT molecular complexity index is 2100. The quantitative estimate of drug-likeness (QED) is 0.0756. The summed E-state index contributed by atoms with van der Waals surface area (Å²) in [6.45, 7) is 9.93. The number of carbonyl (C=O) groups excluding carboxylic acids is 2. The van der Waals surface area contributed by atoms with Gasteiger partial charge >= 0.3 is 11.9 Å². The lowest BCUT2D eigenvalue weighted by Gasteiger charge is -2.10. The highest BCUT2D eigenvalue weighted by Gasteiger charge is 2.04. The molecule has 5 aromatic carbocycles. The highest BCUT2D eigenvalue weighted by atomic mass is 16.5. The van der Waals surface area contributed by atoms with E-state index in [0.717, 1.165) is 61.4 Å². The second-order valence-corrected chi connectivity index (χ2v) is 11.7. The second kappa shape index (κ2) is 18.3. The van der Waals surface area contributed by atoms with Gasteiger partial charge in [-0.25, -0.2) is 9.59 Å². The molecule has 5 nitrogen and oxygen atoms in total. The summed E-state index contributed by atoms with van der Waals surface area (Å²) in [5.41, 5.74) is 10.2. The van der Waals surface area contributed by atoms with Crippen molar-refractivity contribution < 1.29 is 23.8 Å². The molecule has 0 aliphatic rings. The van der Waals surface area contributed by atoms with E-state index in [2.05, 4.69) is 73.2 Å². The van der Waals surface area contributed by atoms with Crippen LogP contribution >= 0.6 is 0 Å². The topological polar surface area (TPSA) is 61.8 Å². The number of benzene rings is 5. The average Bonchev–Trinajstić information content (AvgIpc) is 3.17. The van der Waals surface area contributed by atoms with Crippen LogP contribution in [0.1, 0.15) is 44.5 Å². The van der Waals surface area contributed by atoms with Gasteiger partial charge in [-0.15, -0.1) is 0 Å². The molecule has 0 bridgehead atoms. The zero-order valence-corrected chi connectivity index (χ0v) is 28.6.